The molecule has 2 aromatic carbocycles. The third kappa shape index (κ3) is 2.69. The van der Waals surface area contributed by atoms with Crippen LogP contribution in [0.1, 0.15) is 24.9 Å². The lowest BCUT2D eigenvalue weighted by atomic mass is 9.90. The van der Waals surface area contributed by atoms with Crippen molar-refractivity contribution in [3.05, 3.63) is 50.9 Å². The van der Waals surface area contributed by atoms with E-state index in [9.17, 15) is 4.79 Å². The summed E-state index contributed by atoms with van der Waals surface area (Å²) in [6, 6.07) is 11.1. The summed E-state index contributed by atoms with van der Waals surface area (Å²) in [5.74, 6) is 1.32. The van der Waals surface area contributed by atoms with Gasteiger partial charge in [0.2, 0.25) is 0 Å². The maximum absolute atomic E-state index is 12.8. The summed E-state index contributed by atoms with van der Waals surface area (Å²) in [5.41, 5.74) is 0.906. The fraction of sp³-hybridized carbons (Fsp3) is 0.278. The van der Waals surface area contributed by atoms with Crippen LogP contribution in [-0.2, 0) is 0 Å². The first-order chi connectivity index (χ1) is 11.9. The summed E-state index contributed by atoms with van der Waals surface area (Å²) in [4.78, 5) is 14.5. The highest BCUT2D eigenvalue weighted by Crippen LogP contribution is 2.50. The highest BCUT2D eigenvalue weighted by atomic mass is 79.9. The number of rotatable bonds is 2. The molecule has 7 heteroatoms. The molecule has 2 aromatic rings. The van der Waals surface area contributed by atoms with E-state index in [1.165, 1.54) is 0 Å². The molecule has 2 unspecified atom stereocenters. The molecule has 0 spiro atoms. The van der Waals surface area contributed by atoms with Gasteiger partial charge in [0.25, 0.3) is 0 Å². The van der Waals surface area contributed by atoms with Crippen molar-refractivity contribution in [1.29, 1.82) is 0 Å². The minimum atomic E-state index is -0.797. The maximum atomic E-state index is 12.8. The second-order valence-electron chi connectivity index (χ2n) is 6.32. The summed E-state index contributed by atoms with van der Waals surface area (Å²) in [7, 11) is 1.61. The van der Waals surface area contributed by atoms with Gasteiger partial charge in [-0.15, -0.1) is 0 Å². The molecule has 1 saturated heterocycles. The monoisotopic (exact) mass is 466 g/mol. The predicted molar refractivity (Wildman–Crippen MR) is 102 cm³/mol. The van der Waals surface area contributed by atoms with Crippen LogP contribution in [-0.4, -0.2) is 18.9 Å². The first kappa shape index (κ1) is 16.7. The van der Waals surface area contributed by atoms with Gasteiger partial charge in [-0.25, -0.2) is 4.79 Å². The molecule has 25 heavy (non-hydrogen) atoms. The average molecular weight is 468 g/mol. The average Bonchev–Trinajstić information content (AvgIpc) is 2.56. The van der Waals surface area contributed by atoms with E-state index in [2.05, 4.69) is 37.2 Å². The molecule has 0 saturated carbocycles. The number of urea groups is 1. The molecule has 2 atom stereocenters. The number of carbonyl (C=O) groups is 1. The number of benzene rings is 2. The zero-order valence-electron chi connectivity index (χ0n) is 13.7. The standard InChI is InChI=1S/C18H16Br2N2O3/c1-18-9-14(13-7-11(20)8-15(24-2)16(13)25-18)21-17(23)22(18)12-5-3-10(19)4-6-12/h3-8,14H,9H2,1-2H3,(H,21,23). The number of ether oxygens (including phenoxy) is 2. The Morgan fingerprint density at radius 1 is 1.24 bits per heavy atom. The predicted octanol–water partition coefficient (Wildman–Crippen LogP) is 4.99. The van der Waals surface area contributed by atoms with Gasteiger partial charge in [-0.1, -0.05) is 31.9 Å². The van der Waals surface area contributed by atoms with E-state index < -0.39 is 5.72 Å². The molecule has 130 valence electrons. The molecule has 1 fully saturated rings. The molecule has 2 amide bonds. The highest BCUT2D eigenvalue weighted by Gasteiger charge is 2.50. The molecule has 1 N–H and O–H groups in total. The van der Waals surface area contributed by atoms with Crippen molar-refractivity contribution in [2.75, 3.05) is 12.0 Å². The van der Waals surface area contributed by atoms with E-state index in [1.54, 1.807) is 12.0 Å². The largest absolute Gasteiger partial charge is 0.493 e. The Morgan fingerprint density at radius 3 is 2.64 bits per heavy atom. The number of halogens is 2. The lowest BCUT2D eigenvalue weighted by Gasteiger charge is -2.50. The van der Waals surface area contributed by atoms with Crippen LogP contribution in [0, 0.1) is 0 Å². The zero-order chi connectivity index (χ0) is 17.8. The summed E-state index contributed by atoms with van der Waals surface area (Å²) >= 11 is 6.92. The van der Waals surface area contributed by atoms with Gasteiger partial charge in [-0.2, -0.15) is 0 Å². The zero-order valence-corrected chi connectivity index (χ0v) is 16.8. The van der Waals surface area contributed by atoms with Gasteiger partial charge in [-0.05, 0) is 43.3 Å². The molecular weight excluding hydrogens is 452 g/mol. The number of hydrogen-bond acceptors (Lipinski definition) is 3. The lowest BCUT2D eigenvalue weighted by Crippen LogP contribution is -2.65. The van der Waals surface area contributed by atoms with Crippen LogP contribution in [0.5, 0.6) is 11.5 Å². The Labute approximate surface area is 162 Å². The van der Waals surface area contributed by atoms with Gasteiger partial charge >= 0.3 is 6.03 Å². The fourth-order valence-electron chi connectivity index (χ4n) is 3.53. The summed E-state index contributed by atoms with van der Waals surface area (Å²) in [5, 5.41) is 3.09. The van der Waals surface area contributed by atoms with Gasteiger partial charge in [0.1, 0.15) is 0 Å². The van der Waals surface area contributed by atoms with Crippen molar-refractivity contribution in [3.8, 4) is 11.5 Å². The van der Waals surface area contributed by atoms with E-state index in [-0.39, 0.29) is 12.1 Å². The Hall–Kier alpha value is -1.73. The van der Waals surface area contributed by atoms with Crippen LogP contribution in [0.2, 0.25) is 0 Å². The molecule has 2 bridgehead atoms. The first-order valence-corrected chi connectivity index (χ1v) is 9.42. The fourth-order valence-corrected chi connectivity index (χ4v) is 4.25. The van der Waals surface area contributed by atoms with Crippen molar-refractivity contribution >= 4 is 43.6 Å². The van der Waals surface area contributed by atoms with Gasteiger partial charge in [0.05, 0.1) is 13.2 Å². The van der Waals surface area contributed by atoms with Crippen LogP contribution in [0.15, 0.2) is 45.3 Å². The normalized spacial score (nSPS) is 24.2. The van der Waals surface area contributed by atoms with Gasteiger partial charge in [0, 0.05) is 26.6 Å². The Kier molecular flexibility index (Phi) is 3.96. The minimum Gasteiger partial charge on any atom is -0.493 e. The summed E-state index contributed by atoms with van der Waals surface area (Å²) < 4.78 is 13.7. The second-order valence-corrected chi connectivity index (χ2v) is 8.15. The molecule has 5 nitrogen and oxygen atoms in total. The highest BCUT2D eigenvalue weighted by molar-refractivity contribution is 9.10. The topological polar surface area (TPSA) is 50.8 Å². The molecule has 2 aliphatic rings. The van der Waals surface area contributed by atoms with Crippen LogP contribution < -0.4 is 19.7 Å². The van der Waals surface area contributed by atoms with E-state index in [4.69, 9.17) is 9.47 Å². The van der Waals surface area contributed by atoms with Crippen LogP contribution >= 0.6 is 31.9 Å². The SMILES string of the molecule is COc1cc(Br)cc2c1OC1(C)CC2NC(=O)N1c1ccc(Br)cc1. The van der Waals surface area contributed by atoms with E-state index in [1.807, 2.05) is 43.3 Å². The molecular formula is C18H16Br2N2O3. The van der Waals surface area contributed by atoms with Crippen LogP contribution in [0.25, 0.3) is 0 Å². The molecule has 2 heterocycles. The number of amides is 2. The van der Waals surface area contributed by atoms with E-state index in [0.717, 1.165) is 20.2 Å². The van der Waals surface area contributed by atoms with E-state index >= 15 is 0 Å². The van der Waals surface area contributed by atoms with Crippen molar-refractivity contribution in [3.63, 3.8) is 0 Å². The van der Waals surface area contributed by atoms with Crippen molar-refractivity contribution < 1.29 is 14.3 Å². The number of nitrogens with zero attached hydrogens (tertiary/aromatic N) is 1. The van der Waals surface area contributed by atoms with Crippen molar-refractivity contribution in [1.82, 2.24) is 5.32 Å². The number of nitrogens with one attached hydrogen (secondary N) is 1. The molecule has 0 aromatic heterocycles. The number of anilines is 1. The van der Waals surface area contributed by atoms with Gasteiger partial charge in [0.15, 0.2) is 17.2 Å². The second kappa shape index (κ2) is 5.92. The third-order valence-corrected chi connectivity index (χ3v) is 5.59. The quantitative estimate of drug-likeness (QED) is 0.676. The molecule has 2 aliphatic heterocycles. The summed E-state index contributed by atoms with van der Waals surface area (Å²) in [6.45, 7) is 1.94. The molecule has 4 rings (SSSR count). The third-order valence-electron chi connectivity index (χ3n) is 4.61. The Balaban J connectivity index is 1.82. The smallest absolute Gasteiger partial charge is 0.325 e. The minimum absolute atomic E-state index is 0.126. The van der Waals surface area contributed by atoms with Crippen molar-refractivity contribution in [2.45, 2.75) is 25.1 Å². The molecule has 0 aliphatic carbocycles. The number of hydrogen-bond donors (Lipinski definition) is 1. The van der Waals surface area contributed by atoms with E-state index in [0.29, 0.717) is 17.9 Å². The number of fused-ring (bicyclic) bond motifs is 4. The van der Waals surface area contributed by atoms with Crippen molar-refractivity contribution in [2.24, 2.45) is 0 Å². The van der Waals surface area contributed by atoms with Gasteiger partial charge < -0.3 is 14.8 Å². The maximum Gasteiger partial charge on any atom is 0.325 e. The molecule has 0 radical (unpaired) electrons. The first-order valence-electron chi connectivity index (χ1n) is 7.84. The number of methoxy groups -OCH3 is 1. The van der Waals surface area contributed by atoms with Crippen LogP contribution in [0.4, 0.5) is 10.5 Å². The van der Waals surface area contributed by atoms with Crippen LogP contribution in [0.3, 0.4) is 0 Å². The summed E-state index contributed by atoms with van der Waals surface area (Å²) in [6.07, 6.45) is 0.640. The Morgan fingerprint density at radius 2 is 1.96 bits per heavy atom. The lowest BCUT2D eigenvalue weighted by molar-refractivity contribution is 0.0349. The Bertz CT molecular complexity index is 856. The number of carbonyl (C=O) groups excluding carboxylic acids is 1. The van der Waals surface area contributed by atoms with Gasteiger partial charge in [-0.3, -0.25) is 4.90 Å².